The highest BCUT2D eigenvalue weighted by atomic mass is 35.5. The fraction of sp³-hybridized carbons (Fsp3) is 0.429. The Kier molecular flexibility index (Phi) is 6.32. The van der Waals surface area contributed by atoms with Gasteiger partial charge in [0, 0.05) is 24.3 Å². The van der Waals surface area contributed by atoms with Crippen molar-refractivity contribution < 1.29 is 24.5 Å². The van der Waals surface area contributed by atoms with Gasteiger partial charge in [-0.2, -0.15) is 0 Å². The van der Waals surface area contributed by atoms with E-state index in [0.29, 0.717) is 22.1 Å². The fourth-order valence-corrected chi connectivity index (χ4v) is 4.78. The van der Waals surface area contributed by atoms with Crippen LogP contribution in [0.25, 0.3) is 5.65 Å². The summed E-state index contributed by atoms with van der Waals surface area (Å²) in [5, 5.41) is 24.3. The van der Waals surface area contributed by atoms with Gasteiger partial charge in [-0.25, -0.2) is 14.8 Å². The van der Waals surface area contributed by atoms with Crippen LogP contribution < -0.4 is 5.32 Å². The Labute approximate surface area is 198 Å². The Hall–Kier alpha value is -2.73. The lowest BCUT2D eigenvalue weighted by Gasteiger charge is -2.22. The highest BCUT2D eigenvalue weighted by Gasteiger charge is 2.40. The number of halogens is 1. The molecule has 0 aliphatic carbocycles. The zero-order valence-corrected chi connectivity index (χ0v) is 19.8. The largest absolute Gasteiger partial charge is 0.444 e. The van der Waals surface area contributed by atoms with E-state index in [0.717, 1.165) is 0 Å². The molecule has 1 fully saturated rings. The summed E-state index contributed by atoms with van der Waals surface area (Å²) in [4.78, 5) is 36.0. The molecule has 10 nitrogen and oxygen atoms in total. The number of rotatable bonds is 4. The molecular weight excluding hydrogens is 470 g/mol. The number of ether oxygens (including phenoxy) is 1. The molecule has 3 N–H and O–H groups in total. The van der Waals surface area contributed by atoms with Crippen molar-refractivity contribution >= 4 is 40.6 Å². The molecule has 1 saturated heterocycles. The van der Waals surface area contributed by atoms with Crippen LogP contribution in [0, 0.1) is 0 Å². The quantitative estimate of drug-likeness (QED) is 0.476. The van der Waals surface area contributed by atoms with Crippen LogP contribution >= 0.6 is 22.9 Å². The molecule has 3 aromatic rings. The summed E-state index contributed by atoms with van der Waals surface area (Å²) >= 11 is 7.25. The number of amides is 2. The second kappa shape index (κ2) is 8.90. The number of imidazole rings is 1. The molecule has 0 unspecified atom stereocenters. The number of aliphatic hydroxyl groups is 2. The van der Waals surface area contributed by atoms with Gasteiger partial charge in [0.05, 0.1) is 17.1 Å². The van der Waals surface area contributed by atoms with Gasteiger partial charge >= 0.3 is 6.09 Å². The number of likely N-dealkylation sites (tertiary alicyclic amines) is 1. The van der Waals surface area contributed by atoms with Crippen molar-refractivity contribution in [3.63, 3.8) is 0 Å². The topological polar surface area (TPSA) is 129 Å². The summed E-state index contributed by atoms with van der Waals surface area (Å²) in [6, 6.07) is 2.54. The van der Waals surface area contributed by atoms with Crippen molar-refractivity contribution in [1.29, 1.82) is 0 Å². The number of nitrogens with zero attached hydrogens (tertiary/aromatic N) is 4. The van der Waals surface area contributed by atoms with Crippen LogP contribution in [0.15, 0.2) is 29.9 Å². The van der Waals surface area contributed by atoms with Crippen LogP contribution in [0.1, 0.15) is 60.7 Å². The fourth-order valence-electron chi connectivity index (χ4n) is 3.66. The average Bonchev–Trinajstić information content (AvgIpc) is 3.43. The number of carbonyl (C=O) groups is 2. The predicted molar refractivity (Wildman–Crippen MR) is 121 cm³/mol. The minimum Gasteiger partial charge on any atom is -0.444 e. The molecular formula is C21H24ClN5O5S. The van der Waals surface area contributed by atoms with Crippen LogP contribution in [0.4, 0.5) is 4.79 Å². The van der Waals surface area contributed by atoms with E-state index < -0.39 is 24.0 Å². The van der Waals surface area contributed by atoms with Crippen molar-refractivity contribution in [2.75, 3.05) is 6.54 Å². The smallest absolute Gasteiger partial charge is 0.407 e. The van der Waals surface area contributed by atoms with E-state index in [2.05, 4.69) is 15.3 Å². The molecule has 2 amide bonds. The maximum Gasteiger partial charge on any atom is 0.407 e. The van der Waals surface area contributed by atoms with E-state index in [-0.39, 0.29) is 29.9 Å². The molecule has 2 atom stereocenters. The van der Waals surface area contributed by atoms with Crippen LogP contribution in [0.3, 0.4) is 0 Å². The number of pyridine rings is 1. The Balaban J connectivity index is 1.61. The number of alkyl carbamates (subject to hydrolysis) is 1. The molecule has 0 bridgehead atoms. The zero-order valence-electron chi connectivity index (χ0n) is 18.2. The molecule has 0 spiro atoms. The first-order valence-corrected chi connectivity index (χ1v) is 11.5. The summed E-state index contributed by atoms with van der Waals surface area (Å²) in [7, 11) is 0. The third kappa shape index (κ3) is 5.27. The third-order valence-corrected chi connectivity index (χ3v) is 6.19. The van der Waals surface area contributed by atoms with Crippen LogP contribution in [0.2, 0.25) is 5.02 Å². The number of nitrogens with one attached hydrogen (secondary N) is 1. The summed E-state index contributed by atoms with van der Waals surface area (Å²) in [5.74, 6) is -0.338. The summed E-state index contributed by atoms with van der Waals surface area (Å²) < 4.78 is 7.01. The van der Waals surface area contributed by atoms with E-state index in [1.165, 1.54) is 16.7 Å². The van der Waals surface area contributed by atoms with Gasteiger partial charge in [0.25, 0.3) is 5.91 Å². The van der Waals surface area contributed by atoms with Gasteiger partial charge in [-0.15, -0.1) is 11.3 Å². The number of aliphatic hydroxyl groups excluding tert-OH is 1. The molecule has 0 radical (unpaired) electrons. The van der Waals surface area contributed by atoms with Gasteiger partial charge in [0.15, 0.2) is 6.29 Å². The van der Waals surface area contributed by atoms with Crippen molar-refractivity contribution in [3.8, 4) is 0 Å². The first kappa shape index (κ1) is 23.4. The zero-order chi connectivity index (χ0) is 23.9. The maximum absolute atomic E-state index is 13.4. The second-order valence-corrected chi connectivity index (χ2v) is 10.1. The predicted octanol–water partition coefficient (Wildman–Crippen LogP) is 2.91. The standard InChI is InChI=1S/C21H24ClN5O5S/c1-21(2,3)32-20(31)23-12-6-15(17-25-14(10-33-17)19(29)30)27(8-12)18(28)13-9-26-7-11(22)4-5-16(26)24-13/h4-5,7,9-10,12,15,19,29-30H,6,8H2,1-3H3,(H,23,31)/t12-,15+/m1/s1. The second-order valence-electron chi connectivity index (χ2n) is 8.78. The molecule has 0 saturated carbocycles. The van der Waals surface area contributed by atoms with Gasteiger partial charge in [-0.1, -0.05) is 11.6 Å². The van der Waals surface area contributed by atoms with E-state index in [1.807, 2.05) is 0 Å². The number of fused-ring (bicyclic) bond motifs is 1. The monoisotopic (exact) mass is 493 g/mol. The highest BCUT2D eigenvalue weighted by molar-refractivity contribution is 7.09. The first-order valence-electron chi connectivity index (χ1n) is 10.3. The lowest BCUT2D eigenvalue weighted by atomic mass is 10.1. The van der Waals surface area contributed by atoms with Crippen molar-refractivity contribution in [3.05, 3.63) is 51.3 Å². The number of carbonyl (C=O) groups excluding carboxylic acids is 2. The van der Waals surface area contributed by atoms with Gasteiger partial charge in [-0.05, 0) is 39.3 Å². The number of aromatic nitrogens is 3. The molecule has 0 aromatic carbocycles. The van der Waals surface area contributed by atoms with Crippen molar-refractivity contribution in [2.24, 2.45) is 0 Å². The minimum atomic E-state index is -1.71. The van der Waals surface area contributed by atoms with Gasteiger partial charge in [0.2, 0.25) is 0 Å². The van der Waals surface area contributed by atoms with Crippen LogP contribution in [-0.2, 0) is 4.74 Å². The third-order valence-electron chi connectivity index (χ3n) is 5.01. The van der Waals surface area contributed by atoms with Crippen molar-refractivity contribution in [1.82, 2.24) is 24.6 Å². The Bertz CT molecular complexity index is 1190. The average molecular weight is 494 g/mol. The van der Waals surface area contributed by atoms with Gasteiger partial charge in [-0.3, -0.25) is 4.79 Å². The number of thiazole rings is 1. The minimum absolute atomic E-state index is 0.105. The Morgan fingerprint density at radius 3 is 2.70 bits per heavy atom. The van der Waals surface area contributed by atoms with E-state index >= 15 is 0 Å². The lowest BCUT2D eigenvalue weighted by molar-refractivity contribution is -0.0455. The molecule has 1 aliphatic rings. The van der Waals surface area contributed by atoms with Crippen LogP contribution in [-0.4, -0.2) is 59.7 Å². The SMILES string of the molecule is CC(C)(C)OC(=O)N[C@@H]1C[C@@H](c2nc(C(O)O)cs2)N(C(=O)c2cn3cc(Cl)ccc3n2)C1. The summed E-state index contributed by atoms with van der Waals surface area (Å²) in [6.45, 7) is 5.53. The molecule has 1 aliphatic heterocycles. The van der Waals surface area contributed by atoms with Gasteiger partial charge in [0.1, 0.15) is 27.6 Å². The molecule has 176 valence electrons. The molecule has 33 heavy (non-hydrogen) atoms. The van der Waals surface area contributed by atoms with Crippen LogP contribution in [0.5, 0.6) is 0 Å². The van der Waals surface area contributed by atoms with Gasteiger partial charge < -0.3 is 29.6 Å². The summed E-state index contributed by atoms with van der Waals surface area (Å²) in [6.07, 6.45) is 1.36. The number of hydrogen-bond acceptors (Lipinski definition) is 8. The molecule has 3 aromatic heterocycles. The lowest BCUT2D eigenvalue weighted by Crippen LogP contribution is -2.41. The van der Waals surface area contributed by atoms with E-state index in [1.54, 1.807) is 54.6 Å². The number of hydrogen-bond donors (Lipinski definition) is 3. The Morgan fingerprint density at radius 1 is 1.27 bits per heavy atom. The molecule has 4 heterocycles. The Morgan fingerprint density at radius 2 is 2.03 bits per heavy atom. The maximum atomic E-state index is 13.4. The summed E-state index contributed by atoms with van der Waals surface area (Å²) in [5.41, 5.74) is 0.242. The van der Waals surface area contributed by atoms with E-state index in [9.17, 15) is 19.8 Å². The highest BCUT2D eigenvalue weighted by Crippen LogP contribution is 2.36. The normalized spacial score (nSPS) is 18.8. The van der Waals surface area contributed by atoms with E-state index in [4.69, 9.17) is 16.3 Å². The molecule has 4 rings (SSSR count). The molecule has 12 heteroatoms. The van der Waals surface area contributed by atoms with Crippen molar-refractivity contribution in [2.45, 2.75) is 51.2 Å². The first-order chi connectivity index (χ1) is 15.5.